The Morgan fingerprint density at radius 2 is 0.900 bits per heavy atom. The molecule has 2 aliphatic heterocycles. The van der Waals surface area contributed by atoms with Gasteiger partial charge in [0.2, 0.25) is 0 Å². The first-order valence-electron chi connectivity index (χ1n) is 26.5. The minimum atomic E-state index is -1.78. The van der Waals surface area contributed by atoms with E-state index >= 15 is 0 Å². The van der Waals surface area contributed by atoms with Crippen molar-refractivity contribution in [3.63, 3.8) is 0 Å². The minimum absolute atomic E-state index is 0.134. The Balaban J connectivity index is 1.82. The summed E-state index contributed by atoms with van der Waals surface area (Å²) in [4.78, 5) is 25.8. The Morgan fingerprint density at radius 1 is 0.471 bits per heavy atom. The molecule has 11 atom stereocenters. The second-order valence-corrected chi connectivity index (χ2v) is 18.3. The summed E-state index contributed by atoms with van der Waals surface area (Å²) in [7, 11) is 0. The van der Waals surface area contributed by atoms with Gasteiger partial charge in [-0.05, 0) is 83.5 Å². The fourth-order valence-electron chi connectivity index (χ4n) is 7.82. The van der Waals surface area contributed by atoms with E-state index in [9.17, 15) is 45.3 Å². The van der Waals surface area contributed by atoms with Gasteiger partial charge in [0.15, 0.2) is 18.7 Å². The number of carbonyl (C=O) groups is 2. The van der Waals surface area contributed by atoms with Crippen molar-refractivity contribution in [3.05, 3.63) is 72.9 Å². The lowest BCUT2D eigenvalue weighted by Crippen LogP contribution is -2.61. The Hall–Kier alpha value is -3.06. The highest BCUT2D eigenvalue weighted by Crippen LogP contribution is 2.26. The first kappa shape index (κ1) is 63.1. The molecule has 4 unspecified atom stereocenters. The van der Waals surface area contributed by atoms with E-state index in [1.165, 1.54) is 51.4 Å². The number of carbonyl (C=O) groups excluding carboxylic acids is 2. The van der Waals surface area contributed by atoms with E-state index in [2.05, 4.69) is 86.8 Å². The molecule has 70 heavy (non-hydrogen) atoms. The molecule has 402 valence electrons. The van der Waals surface area contributed by atoms with Crippen LogP contribution in [0.15, 0.2) is 72.9 Å². The van der Waals surface area contributed by atoms with Crippen LogP contribution >= 0.6 is 0 Å². The average molecular weight is 993 g/mol. The molecule has 0 saturated carbocycles. The van der Waals surface area contributed by atoms with Crippen LogP contribution in [0.1, 0.15) is 168 Å². The van der Waals surface area contributed by atoms with Crippen LogP contribution < -0.4 is 0 Å². The van der Waals surface area contributed by atoms with Crippen LogP contribution in [-0.2, 0) is 38.0 Å². The summed E-state index contributed by atoms with van der Waals surface area (Å²) in [5, 5.41) is 72.1. The Labute approximate surface area is 419 Å². The third kappa shape index (κ3) is 28.8. The van der Waals surface area contributed by atoms with Gasteiger partial charge in [-0.25, -0.2) is 0 Å². The Morgan fingerprint density at radius 3 is 1.43 bits per heavy atom. The molecule has 0 aliphatic carbocycles. The smallest absolute Gasteiger partial charge is 0.306 e. The quantitative estimate of drug-likeness (QED) is 0.0176. The number of hydrogen-bond acceptors (Lipinski definition) is 15. The molecule has 0 radical (unpaired) electrons. The van der Waals surface area contributed by atoms with Crippen molar-refractivity contribution >= 4 is 11.9 Å². The van der Waals surface area contributed by atoms with Crippen LogP contribution in [-0.4, -0.2) is 142 Å². The summed E-state index contributed by atoms with van der Waals surface area (Å²) in [6.07, 6.45) is 32.1. The fourth-order valence-corrected chi connectivity index (χ4v) is 7.82. The van der Waals surface area contributed by atoms with Crippen molar-refractivity contribution in [2.75, 3.05) is 26.4 Å². The highest BCUT2D eigenvalue weighted by atomic mass is 16.7. The van der Waals surface area contributed by atoms with Gasteiger partial charge in [-0.3, -0.25) is 9.59 Å². The van der Waals surface area contributed by atoms with Gasteiger partial charge >= 0.3 is 11.9 Å². The van der Waals surface area contributed by atoms with Crippen LogP contribution in [0.3, 0.4) is 0 Å². The minimum Gasteiger partial charge on any atom is -0.462 e. The zero-order valence-electron chi connectivity index (χ0n) is 42.5. The summed E-state index contributed by atoms with van der Waals surface area (Å²) in [5.41, 5.74) is 0. The van der Waals surface area contributed by atoms with E-state index in [1.54, 1.807) is 0 Å². The molecule has 2 saturated heterocycles. The summed E-state index contributed by atoms with van der Waals surface area (Å²) in [6.45, 7) is 2.41. The molecule has 0 amide bonds. The first-order chi connectivity index (χ1) is 34.0. The summed E-state index contributed by atoms with van der Waals surface area (Å²) < 4.78 is 33.5. The van der Waals surface area contributed by atoms with Gasteiger partial charge < -0.3 is 64.2 Å². The predicted octanol–water partition coefficient (Wildman–Crippen LogP) is 7.82. The molecular weight excluding hydrogens is 901 g/mol. The maximum absolute atomic E-state index is 13.0. The molecular formula is C55H92O15. The van der Waals surface area contributed by atoms with Crippen molar-refractivity contribution in [1.82, 2.24) is 0 Å². The van der Waals surface area contributed by atoms with E-state index < -0.39 is 99.3 Å². The second kappa shape index (κ2) is 41.4. The Bertz CT molecular complexity index is 1490. The van der Waals surface area contributed by atoms with Gasteiger partial charge in [-0.15, -0.1) is 0 Å². The Kier molecular flexibility index (Phi) is 37.3. The molecule has 15 heteroatoms. The number of aliphatic hydroxyl groups excluding tert-OH is 7. The number of unbranched alkanes of at least 4 members (excludes halogenated alkanes) is 14. The highest BCUT2D eigenvalue weighted by molar-refractivity contribution is 5.70. The van der Waals surface area contributed by atoms with E-state index in [1.807, 2.05) is 0 Å². The molecule has 15 nitrogen and oxygen atoms in total. The lowest BCUT2D eigenvalue weighted by atomic mass is 9.98. The number of hydrogen-bond donors (Lipinski definition) is 7. The van der Waals surface area contributed by atoms with Gasteiger partial charge in [0.05, 0.1) is 19.8 Å². The number of esters is 2. The summed E-state index contributed by atoms with van der Waals surface area (Å²) >= 11 is 0. The van der Waals surface area contributed by atoms with Crippen molar-refractivity contribution in [2.24, 2.45) is 0 Å². The van der Waals surface area contributed by atoms with Crippen molar-refractivity contribution in [2.45, 2.75) is 235 Å². The molecule has 0 aromatic carbocycles. The number of rotatable bonds is 40. The van der Waals surface area contributed by atoms with Crippen LogP contribution in [0.2, 0.25) is 0 Å². The zero-order chi connectivity index (χ0) is 51.0. The van der Waals surface area contributed by atoms with E-state index in [4.69, 9.17) is 28.4 Å². The van der Waals surface area contributed by atoms with Gasteiger partial charge in [0.25, 0.3) is 0 Å². The normalized spacial score (nSPS) is 26.0. The predicted molar refractivity (Wildman–Crippen MR) is 270 cm³/mol. The van der Waals surface area contributed by atoms with E-state index in [0.717, 1.165) is 77.0 Å². The molecule has 0 aromatic heterocycles. The fraction of sp³-hybridized carbons (Fsp3) is 0.745. The van der Waals surface area contributed by atoms with Crippen LogP contribution in [0, 0.1) is 0 Å². The molecule has 2 fully saturated rings. The van der Waals surface area contributed by atoms with Gasteiger partial charge in [-0.1, -0.05) is 145 Å². The topological polar surface area (TPSA) is 231 Å². The highest BCUT2D eigenvalue weighted by Gasteiger charge is 2.47. The maximum atomic E-state index is 13.0. The molecule has 7 N–H and O–H groups in total. The standard InChI is InChI=1S/C55H92O15/c1-3-5-7-9-11-13-15-17-19-20-21-22-24-25-27-29-31-33-35-37-46(57)65-40-43(68-47(58)38-36-34-32-30-28-26-23-18-16-14-12-10-8-6-4-2)41-66-54-53(64)51(62)49(60)45(70-54)42-67-55-52(63)50(61)48(59)44(39-56)69-55/h5,7,11,13,17,19,21-22,25-28,43-45,48-56,59-64H,3-4,6,8-10,12,14-16,18,20,23-24,29-42H2,1-2H3/b7-5+,13-11+,19-17+,22-21+,27-25+,28-26+/t43-,44+,45+,48-,49-,50?,51?,52?,53?,54+,55+/m0/s1. The third-order valence-electron chi connectivity index (χ3n) is 12.2. The van der Waals surface area contributed by atoms with Crippen LogP contribution in [0.25, 0.3) is 0 Å². The van der Waals surface area contributed by atoms with E-state index in [-0.39, 0.29) is 19.4 Å². The van der Waals surface area contributed by atoms with Crippen molar-refractivity contribution in [1.29, 1.82) is 0 Å². The number of aliphatic hydroxyl groups is 7. The zero-order valence-corrected chi connectivity index (χ0v) is 42.5. The molecule has 2 aliphatic rings. The third-order valence-corrected chi connectivity index (χ3v) is 12.2. The molecule has 2 rings (SSSR count). The van der Waals surface area contributed by atoms with Crippen molar-refractivity contribution < 1.29 is 73.8 Å². The van der Waals surface area contributed by atoms with Gasteiger partial charge in [-0.2, -0.15) is 0 Å². The first-order valence-corrected chi connectivity index (χ1v) is 26.5. The largest absolute Gasteiger partial charge is 0.462 e. The van der Waals surface area contributed by atoms with Crippen LogP contribution in [0.5, 0.6) is 0 Å². The lowest BCUT2D eigenvalue weighted by Gasteiger charge is -2.42. The lowest BCUT2D eigenvalue weighted by molar-refractivity contribution is -0.332. The second-order valence-electron chi connectivity index (χ2n) is 18.3. The summed E-state index contributed by atoms with van der Waals surface area (Å²) in [6, 6.07) is 0. The SMILES string of the molecule is CC/C=C/C/C=C/C/C=C/C/C=C/C/C=C/CCCCCC(=O)OC[C@@H](CO[C@@H]1O[C@H](CO[C@@H]2O[C@H](CO)[C@H](O)C(O)C2O)[C@H](O)C(O)C1O)OC(=O)CCCCC/C=C/CCCCCCCCCC. The van der Waals surface area contributed by atoms with Crippen LogP contribution in [0.4, 0.5) is 0 Å². The molecule has 0 bridgehead atoms. The van der Waals surface area contributed by atoms with Gasteiger partial charge in [0, 0.05) is 12.8 Å². The number of allylic oxidation sites excluding steroid dienone is 12. The number of ether oxygens (including phenoxy) is 6. The molecule has 0 spiro atoms. The van der Waals surface area contributed by atoms with E-state index in [0.29, 0.717) is 12.8 Å². The monoisotopic (exact) mass is 993 g/mol. The van der Waals surface area contributed by atoms with Gasteiger partial charge in [0.1, 0.15) is 55.4 Å². The average Bonchev–Trinajstić information content (AvgIpc) is 3.35. The molecule has 2 heterocycles. The van der Waals surface area contributed by atoms with Crippen molar-refractivity contribution in [3.8, 4) is 0 Å². The molecule has 0 aromatic rings. The summed E-state index contributed by atoms with van der Waals surface area (Å²) in [5.74, 6) is -0.986. The maximum Gasteiger partial charge on any atom is 0.306 e.